The number of hydrogen-bond acceptors (Lipinski definition) is 1. The Bertz CT molecular complexity index is 403. The van der Waals surface area contributed by atoms with E-state index in [4.69, 9.17) is 0 Å². The van der Waals surface area contributed by atoms with Crippen molar-refractivity contribution in [3.8, 4) is 0 Å². The summed E-state index contributed by atoms with van der Waals surface area (Å²) in [7, 11) is 0. The standard InChI is InChI=1S/C13H14O/c1-2-10-5-3-8-13-11(9-14)6-4-7-12(10)13/h3-8,14H,2,9H2,1H3. The largest absolute Gasteiger partial charge is 0.392 e. The van der Waals surface area contributed by atoms with Gasteiger partial charge in [0.15, 0.2) is 0 Å². The van der Waals surface area contributed by atoms with Crippen LogP contribution in [0.15, 0.2) is 36.4 Å². The average Bonchev–Trinajstić information content (AvgIpc) is 2.27. The minimum atomic E-state index is 0.116. The molecule has 0 aliphatic heterocycles. The van der Waals surface area contributed by atoms with Gasteiger partial charge in [-0.15, -0.1) is 0 Å². The van der Waals surface area contributed by atoms with Crippen molar-refractivity contribution < 1.29 is 5.11 Å². The van der Waals surface area contributed by atoms with Crippen LogP contribution in [-0.2, 0) is 13.0 Å². The van der Waals surface area contributed by atoms with Crippen LogP contribution >= 0.6 is 0 Å². The molecule has 0 saturated carbocycles. The summed E-state index contributed by atoms with van der Waals surface area (Å²) in [6, 6.07) is 12.4. The lowest BCUT2D eigenvalue weighted by Crippen LogP contribution is -1.88. The van der Waals surface area contributed by atoms with E-state index in [2.05, 4.69) is 31.2 Å². The zero-order chi connectivity index (χ0) is 9.97. The first-order valence-corrected chi connectivity index (χ1v) is 4.97. The Morgan fingerprint density at radius 1 is 0.929 bits per heavy atom. The van der Waals surface area contributed by atoms with Crippen molar-refractivity contribution in [2.45, 2.75) is 20.0 Å². The van der Waals surface area contributed by atoms with Crippen LogP contribution in [0.3, 0.4) is 0 Å². The molecule has 2 rings (SSSR count). The molecule has 2 aromatic rings. The van der Waals surface area contributed by atoms with Crippen molar-refractivity contribution in [1.82, 2.24) is 0 Å². The summed E-state index contributed by atoms with van der Waals surface area (Å²) in [5, 5.41) is 11.6. The Morgan fingerprint density at radius 2 is 1.50 bits per heavy atom. The Balaban J connectivity index is 2.77. The minimum absolute atomic E-state index is 0.116. The van der Waals surface area contributed by atoms with Gasteiger partial charge in [0, 0.05) is 0 Å². The van der Waals surface area contributed by atoms with Crippen molar-refractivity contribution in [3.63, 3.8) is 0 Å². The molecule has 0 atom stereocenters. The molecular weight excluding hydrogens is 172 g/mol. The highest BCUT2D eigenvalue weighted by molar-refractivity contribution is 5.88. The monoisotopic (exact) mass is 186 g/mol. The van der Waals surface area contributed by atoms with Gasteiger partial charge in [-0.25, -0.2) is 0 Å². The molecule has 0 heterocycles. The second-order valence-corrected chi connectivity index (χ2v) is 3.44. The van der Waals surface area contributed by atoms with Gasteiger partial charge >= 0.3 is 0 Å². The molecule has 1 nitrogen and oxygen atoms in total. The molecule has 0 aliphatic carbocycles. The highest BCUT2D eigenvalue weighted by Gasteiger charge is 2.01. The Kier molecular flexibility index (Phi) is 2.51. The molecule has 0 fully saturated rings. The van der Waals surface area contributed by atoms with Crippen molar-refractivity contribution in [1.29, 1.82) is 0 Å². The van der Waals surface area contributed by atoms with Gasteiger partial charge in [-0.3, -0.25) is 0 Å². The van der Waals surface area contributed by atoms with E-state index < -0.39 is 0 Å². The first-order chi connectivity index (χ1) is 6.86. The highest BCUT2D eigenvalue weighted by Crippen LogP contribution is 2.22. The lowest BCUT2D eigenvalue weighted by atomic mass is 9.99. The number of benzene rings is 2. The van der Waals surface area contributed by atoms with Gasteiger partial charge < -0.3 is 5.11 Å². The van der Waals surface area contributed by atoms with Gasteiger partial charge in [-0.05, 0) is 28.3 Å². The Hall–Kier alpha value is -1.34. The SMILES string of the molecule is CCc1cccc2c(CO)cccc12. The van der Waals surface area contributed by atoms with Crippen LogP contribution in [0.5, 0.6) is 0 Å². The maximum atomic E-state index is 9.20. The van der Waals surface area contributed by atoms with Crippen LogP contribution in [0, 0.1) is 0 Å². The third-order valence-corrected chi connectivity index (χ3v) is 2.65. The zero-order valence-corrected chi connectivity index (χ0v) is 8.33. The van der Waals surface area contributed by atoms with Gasteiger partial charge in [0.05, 0.1) is 6.61 Å². The molecule has 0 aromatic heterocycles. The maximum absolute atomic E-state index is 9.20. The fraction of sp³-hybridized carbons (Fsp3) is 0.231. The molecule has 72 valence electrons. The predicted molar refractivity (Wildman–Crippen MR) is 59.2 cm³/mol. The van der Waals surface area contributed by atoms with E-state index in [0.29, 0.717) is 0 Å². The van der Waals surface area contributed by atoms with Crippen molar-refractivity contribution in [2.75, 3.05) is 0 Å². The summed E-state index contributed by atoms with van der Waals surface area (Å²) >= 11 is 0. The molecule has 0 aliphatic rings. The molecule has 14 heavy (non-hydrogen) atoms. The van der Waals surface area contributed by atoms with Gasteiger partial charge in [-0.1, -0.05) is 43.3 Å². The number of aliphatic hydroxyl groups is 1. The molecule has 1 N–H and O–H groups in total. The summed E-state index contributed by atoms with van der Waals surface area (Å²) in [4.78, 5) is 0. The van der Waals surface area contributed by atoms with E-state index in [1.54, 1.807) is 0 Å². The molecule has 1 heteroatoms. The summed E-state index contributed by atoms with van der Waals surface area (Å²) in [6.45, 7) is 2.27. The maximum Gasteiger partial charge on any atom is 0.0687 e. The van der Waals surface area contributed by atoms with Crippen LogP contribution in [0.4, 0.5) is 0 Å². The average molecular weight is 186 g/mol. The third kappa shape index (κ3) is 1.40. The molecule has 0 bridgehead atoms. The lowest BCUT2D eigenvalue weighted by molar-refractivity contribution is 0.283. The quantitative estimate of drug-likeness (QED) is 0.764. The summed E-state index contributed by atoms with van der Waals surface area (Å²) in [5.74, 6) is 0. The van der Waals surface area contributed by atoms with E-state index in [1.165, 1.54) is 16.3 Å². The first-order valence-electron chi connectivity index (χ1n) is 4.97. The van der Waals surface area contributed by atoms with Gasteiger partial charge in [-0.2, -0.15) is 0 Å². The van der Waals surface area contributed by atoms with Crippen LogP contribution in [0.2, 0.25) is 0 Å². The van der Waals surface area contributed by atoms with Crippen molar-refractivity contribution >= 4 is 10.8 Å². The molecule has 2 aromatic carbocycles. The van der Waals surface area contributed by atoms with Crippen LogP contribution < -0.4 is 0 Å². The second kappa shape index (κ2) is 3.81. The van der Waals surface area contributed by atoms with E-state index >= 15 is 0 Å². The predicted octanol–water partition coefficient (Wildman–Crippen LogP) is 2.89. The minimum Gasteiger partial charge on any atom is -0.392 e. The lowest BCUT2D eigenvalue weighted by Gasteiger charge is -2.07. The van der Waals surface area contributed by atoms with E-state index in [9.17, 15) is 5.11 Å². The Morgan fingerprint density at radius 3 is 2.07 bits per heavy atom. The van der Waals surface area contributed by atoms with E-state index in [-0.39, 0.29) is 6.61 Å². The topological polar surface area (TPSA) is 20.2 Å². The number of hydrogen-bond donors (Lipinski definition) is 1. The molecular formula is C13H14O. The van der Waals surface area contributed by atoms with Gasteiger partial charge in [0.25, 0.3) is 0 Å². The number of fused-ring (bicyclic) bond motifs is 1. The summed E-state index contributed by atoms with van der Waals surface area (Å²) in [5.41, 5.74) is 2.36. The molecule has 0 unspecified atom stereocenters. The summed E-state index contributed by atoms with van der Waals surface area (Å²) in [6.07, 6.45) is 1.03. The molecule has 0 saturated heterocycles. The second-order valence-electron chi connectivity index (χ2n) is 3.44. The normalized spacial score (nSPS) is 10.7. The number of aliphatic hydroxyl groups excluding tert-OH is 1. The molecule has 0 amide bonds. The number of aryl methyl sites for hydroxylation is 1. The van der Waals surface area contributed by atoms with Gasteiger partial charge in [0.1, 0.15) is 0 Å². The molecule has 0 radical (unpaired) electrons. The smallest absolute Gasteiger partial charge is 0.0687 e. The fourth-order valence-electron chi connectivity index (χ4n) is 1.89. The van der Waals surface area contributed by atoms with E-state index in [0.717, 1.165) is 12.0 Å². The summed E-state index contributed by atoms with van der Waals surface area (Å²) < 4.78 is 0. The molecule has 0 spiro atoms. The third-order valence-electron chi connectivity index (χ3n) is 2.65. The van der Waals surface area contributed by atoms with Crippen LogP contribution in [0.1, 0.15) is 18.1 Å². The van der Waals surface area contributed by atoms with Crippen molar-refractivity contribution in [2.24, 2.45) is 0 Å². The zero-order valence-electron chi connectivity index (χ0n) is 8.33. The van der Waals surface area contributed by atoms with Gasteiger partial charge in [0.2, 0.25) is 0 Å². The van der Waals surface area contributed by atoms with Crippen molar-refractivity contribution in [3.05, 3.63) is 47.5 Å². The highest BCUT2D eigenvalue weighted by atomic mass is 16.3. The van der Waals surface area contributed by atoms with Crippen LogP contribution in [0.25, 0.3) is 10.8 Å². The van der Waals surface area contributed by atoms with Crippen LogP contribution in [-0.4, -0.2) is 5.11 Å². The fourth-order valence-corrected chi connectivity index (χ4v) is 1.89. The first kappa shape index (κ1) is 9.22. The van der Waals surface area contributed by atoms with E-state index in [1.807, 2.05) is 12.1 Å². The number of rotatable bonds is 2. The Labute approximate surface area is 84.0 Å².